The number of esters is 1. The molecule has 160 valence electrons. The summed E-state index contributed by atoms with van der Waals surface area (Å²) in [4.78, 5) is 37.7. The van der Waals surface area contributed by atoms with Crippen molar-refractivity contribution in [2.45, 2.75) is 59.5 Å². The number of carbonyl (C=O) groups excluding carboxylic acids is 2. The minimum absolute atomic E-state index is 0.0490. The Morgan fingerprint density at radius 3 is 2.53 bits per heavy atom. The first kappa shape index (κ1) is 20.6. The zero-order chi connectivity index (χ0) is 21.7. The molecule has 0 radical (unpaired) electrons. The molecule has 3 atom stereocenters. The number of ether oxygens (including phenoxy) is 1. The predicted octanol–water partition coefficient (Wildman–Crippen LogP) is 2.90. The van der Waals surface area contributed by atoms with Gasteiger partial charge in [-0.2, -0.15) is 5.10 Å². The molecule has 1 aromatic heterocycles. The van der Waals surface area contributed by atoms with Gasteiger partial charge in [0.2, 0.25) is 0 Å². The Hall–Kier alpha value is -2.70. The number of fused-ring (bicyclic) bond motifs is 3. The van der Waals surface area contributed by atoms with Gasteiger partial charge in [0.05, 0.1) is 5.39 Å². The van der Waals surface area contributed by atoms with E-state index in [0.29, 0.717) is 23.2 Å². The van der Waals surface area contributed by atoms with Gasteiger partial charge in [0.25, 0.3) is 11.5 Å². The van der Waals surface area contributed by atoms with Crippen LogP contribution in [-0.4, -0.2) is 34.3 Å². The van der Waals surface area contributed by atoms with Crippen LogP contribution in [0.4, 0.5) is 0 Å². The molecule has 0 aliphatic heterocycles. The normalized spacial score (nSPS) is 26.7. The van der Waals surface area contributed by atoms with Gasteiger partial charge in [-0.05, 0) is 49.0 Å². The molecule has 3 unspecified atom stereocenters. The molecule has 1 heterocycles. The van der Waals surface area contributed by atoms with Crippen molar-refractivity contribution in [1.82, 2.24) is 15.1 Å². The molecule has 7 nitrogen and oxygen atoms in total. The molecular weight excluding hydrogens is 382 g/mol. The standard InChI is InChI=1S/C23H29N3O4/c1-5-26-20(28)16-9-7-6-8-15(16)19(25-26)21(29)30-13-18(27)24-17-12-14-10-11-23(17,4)22(14,2)3/h6-9,14,17H,5,10-13H2,1-4H3,(H,24,27). The number of carbonyl (C=O) groups is 2. The molecule has 0 spiro atoms. The fraction of sp³-hybridized carbons (Fsp3) is 0.565. The minimum atomic E-state index is -0.706. The van der Waals surface area contributed by atoms with E-state index in [0.717, 1.165) is 12.8 Å². The molecule has 2 bridgehead atoms. The Kier molecular flexibility index (Phi) is 4.95. The van der Waals surface area contributed by atoms with Crippen LogP contribution >= 0.6 is 0 Å². The van der Waals surface area contributed by atoms with Gasteiger partial charge in [-0.3, -0.25) is 9.59 Å². The number of aryl methyl sites for hydroxylation is 1. The highest BCUT2D eigenvalue weighted by Gasteiger charge is 2.61. The maximum absolute atomic E-state index is 12.7. The van der Waals surface area contributed by atoms with Gasteiger partial charge >= 0.3 is 5.97 Å². The van der Waals surface area contributed by atoms with Gasteiger partial charge in [0.1, 0.15) is 0 Å². The van der Waals surface area contributed by atoms with E-state index in [9.17, 15) is 14.4 Å². The van der Waals surface area contributed by atoms with Gasteiger partial charge in [-0.25, -0.2) is 9.48 Å². The third-order valence-electron chi connectivity index (χ3n) is 7.82. The van der Waals surface area contributed by atoms with Gasteiger partial charge in [0.15, 0.2) is 12.3 Å². The van der Waals surface area contributed by atoms with Crippen LogP contribution in [0.5, 0.6) is 0 Å². The molecule has 1 aromatic carbocycles. The summed E-state index contributed by atoms with van der Waals surface area (Å²) in [7, 11) is 0. The lowest BCUT2D eigenvalue weighted by Crippen LogP contribution is -2.48. The summed E-state index contributed by atoms with van der Waals surface area (Å²) in [5.41, 5.74) is 0.0479. The minimum Gasteiger partial charge on any atom is -0.451 e. The molecule has 2 aliphatic carbocycles. The van der Waals surface area contributed by atoms with E-state index >= 15 is 0 Å². The largest absolute Gasteiger partial charge is 0.451 e. The average molecular weight is 412 g/mol. The van der Waals surface area contributed by atoms with Crippen LogP contribution in [0.1, 0.15) is 57.4 Å². The maximum Gasteiger partial charge on any atom is 0.359 e. The average Bonchev–Trinajstić information content (AvgIpc) is 3.06. The van der Waals surface area contributed by atoms with Crippen LogP contribution in [0.3, 0.4) is 0 Å². The molecule has 2 aromatic rings. The zero-order valence-electron chi connectivity index (χ0n) is 18.0. The van der Waals surface area contributed by atoms with E-state index in [-0.39, 0.29) is 40.6 Å². The van der Waals surface area contributed by atoms with E-state index in [4.69, 9.17) is 4.74 Å². The maximum atomic E-state index is 12.7. The summed E-state index contributed by atoms with van der Waals surface area (Å²) in [5.74, 6) is -0.393. The highest BCUT2D eigenvalue weighted by Crippen LogP contribution is 2.65. The third-order valence-corrected chi connectivity index (χ3v) is 7.82. The molecule has 2 aliphatic rings. The van der Waals surface area contributed by atoms with E-state index < -0.39 is 5.97 Å². The topological polar surface area (TPSA) is 90.3 Å². The van der Waals surface area contributed by atoms with E-state index in [1.165, 1.54) is 11.1 Å². The molecule has 0 saturated heterocycles. The number of amides is 1. The second-order valence-corrected chi connectivity index (χ2v) is 9.32. The quantitative estimate of drug-likeness (QED) is 0.764. The van der Waals surface area contributed by atoms with Crippen molar-refractivity contribution in [3.8, 4) is 0 Å². The monoisotopic (exact) mass is 411 g/mol. The zero-order valence-corrected chi connectivity index (χ0v) is 18.0. The van der Waals surface area contributed by atoms with Crippen LogP contribution in [-0.2, 0) is 16.1 Å². The molecule has 1 N–H and O–H groups in total. The summed E-state index contributed by atoms with van der Waals surface area (Å²) >= 11 is 0. The Balaban J connectivity index is 1.46. The lowest BCUT2D eigenvalue weighted by molar-refractivity contribution is -0.126. The molecule has 4 rings (SSSR count). The predicted molar refractivity (Wildman–Crippen MR) is 113 cm³/mol. The van der Waals surface area contributed by atoms with Gasteiger partial charge in [-0.15, -0.1) is 0 Å². The first-order valence-electron chi connectivity index (χ1n) is 10.7. The number of hydrogen-bond donors (Lipinski definition) is 1. The second kappa shape index (κ2) is 7.22. The van der Waals surface area contributed by atoms with Crippen LogP contribution in [0.15, 0.2) is 29.1 Å². The smallest absolute Gasteiger partial charge is 0.359 e. The van der Waals surface area contributed by atoms with Crippen molar-refractivity contribution in [2.75, 3.05) is 6.61 Å². The number of aromatic nitrogens is 2. The van der Waals surface area contributed by atoms with Crippen LogP contribution < -0.4 is 10.9 Å². The summed E-state index contributed by atoms with van der Waals surface area (Å²) < 4.78 is 6.52. The van der Waals surface area contributed by atoms with Crippen LogP contribution in [0, 0.1) is 16.7 Å². The second-order valence-electron chi connectivity index (χ2n) is 9.32. The van der Waals surface area contributed by atoms with Crippen molar-refractivity contribution in [1.29, 1.82) is 0 Å². The number of benzene rings is 1. The third kappa shape index (κ3) is 3.02. The summed E-state index contributed by atoms with van der Waals surface area (Å²) in [5, 5.41) is 8.09. The molecular formula is C23H29N3O4. The van der Waals surface area contributed by atoms with Crippen molar-refractivity contribution in [3.63, 3.8) is 0 Å². The fourth-order valence-electron chi connectivity index (χ4n) is 5.46. The highest BCUT2D eigenvalue weighted by molar-refractivity contribution is 6.02. The Morgan fingerprint density at radius 1 is 1.23 bits per heavy atom. The number of nitrogens with one attached hydrogen (secondary N) is 1. The first-order valence-corrected chi connectivity index (χ1v) is 10.7. The Morgan fingerprint density at radius 2 is 1.93 bits per heavy atom. The molecule has 2 saturated carbocycles. The van der Waals surface area contributed by atoms with Crippen LogP contribution in [0.2, 0.25) is 0 Å². The first-order chi connectivity index (χ1) is 14.2. The van der Waals surface area contributed by atoms with Crippen LogP contribution in [0.25, 0.3) is 10.8 Å². The number of rotatable bonds is 5. The van der Waals surface area contributed by atoms with E-state index in [2.05, 4.69) is 31.2 Å². The Labute approximate surface area is 175 Å². The molecule has 2 fully saturated rings. The molecule has 1 amide bonds. The highest BCUT2D eigenvalue weighted by atomic mass is 16.5. The van der Waals surface area contributed by atoms with Gasteiger partial charge in [0, 0.05) is 18.0 Å². The van der Waals surface area contributed by atoms with Crippen molar-refractivity contribution in [2.24, 2.45) is 16.7 Å². The van der Waals surface area contributed by atoms with Crippen molar-refractivity contribution < 1.29 is 14.3 Å². The lowest BCUT2D eigenvalue weighted by Gasteiger charge is -2.39. The van der Waals surface area contributed by atoms with E-state index in [1.54, 1.807) is 31.2 Å². The summed E-state index contributed by atoms with van der Waals surface area (Å²) in [6, 6.07) is 6.90. The molecule has 30 heavy (non-hydrogen) atoms. The lowest BCUT2D eigenvalue weighted by atomic mass is 9.69. The summed E-state index contributed by atoms with van der Waals surface area (Å²) in [6.07, 6.45) is 3.28. The SMILES string of the molecule is CCn1nc(C(=O)OCC(=O)NC2CC3CCC2(C)C3(C)C)c2ccccc2c1=O. The van der Waals surface area contributed by atoms with Crippen molar-refractivity contribution in [3.05, 3.63) is 40.3 Å². The molecule has 7 heteroatoms. The number of nitrogens with zero attached hydrogens (tertiary/aromatic N) is 2. The van der Waals surface area contributed by atoms with Gasteiger partial charge < -0.3 is 10.1 Å². The number of hydrogen-bond acceptors (Lipinski definition) is 5. The van der Waals surface area contributed by atoms with Gasteiger partial charge in [-0.1, -0.05) is 39.0 Å². The summed E-state index contributed by atoms with van der Waals surface area (Å²) in [6.45, 7) is 8.58. The fourth-order valence-corrected chi connectivity index (χ4v) is 5.46. The van der Waals surface area contributed by atoms with E-state index in [1.807, 2.05) is 0 Å². The Bertz CT molecular complexity index is 1070. The van der Waals surface area contributed by atoms with Crippen molar-refractivity contribution >= 4 is 22.6 Å².